The highest BCUT2D eigenvalue weighted by atomic mass is 79.9. The number of hydrogen-bond donors (Lipinski definition) is 0. The van der Waals surface area contributed by atoms with E-state index in [0.717, 1.165) is 0 Å². The van der Waals surface area contributed by atoms with E-state index in [-0.39, 0.29) is 12.5 Å². The highest BCUT2D eigenvalue weighted by Gasteiger charge is 2.13. The van der Waals surface area contributed by atoms with Crippen molar-refractivity contribution < 1.29 is 23.1 Å². The van der Waals surface area contributed by atoms with E-state index in [9.17, 15) is 4.79 Å². The predicted octanol–water partition coefficient (Wildman–Crippen LogP) is 3.46. The molecule has 23 heavy (non-hydrogen) atoms. The summed E-state index contributed by atoms with van der Waals surface area (Å²) in [6.07, 6.45) is 0. The van der Waals surface area contributed by atoms with Crippen LogP contribution in [0.15, 0.2) is 49.9 Å². The average Bonchev–Trinajstić information content (AvgIpc) is 3.21. The summed E-state index contributed by atoms with van der Waals surface area (Å²) in [4.78, 5) is 11.3. The maximum absolute atomic E-state index is 11.3. The first-order chi connectivity index (χ1) is 11.2. The lowest BCUT2D eigenvalue weighted by Crippen LogP contribution is -2.01. The molecule has 1 aromatic carbocycles. The van der Waals surface area contributed by atoms with Gasteiger partial charge >= 0.3 is 5.97 Å². The molecule has 0 spiro atoms. The molecule has 3 rings (SSSR count). The minimum Gasteiger partial charge on any atom is -0.484 e. The van der Waals surface area contributed by atoms with Gasteiger partial charge in [-0.05, 0) is 52.3 Å². The Labute approximate surface area is 139 Å². The van der Waals surface area contributed by atoms with Crippen LogP contribution < -0.4 is 4.74 Å². The first-order valence-electron chi connectivity index (χ1n) is 6.55. The van der Waals surface area contributed by atoms with E-state index >= 15 is 0 Å². The van der Waals surface area contributed by atoms with Crippen LogP contribution in [0.3, 0.4) is 0 Å². The summed E-state index contributed by atoms with van der Waals surface area (Å²) in [5.41, 5.74) is 0.448. The number of nitrogens with zero attached hydrogens (tertiary/aromatic N) is 2. The van der Waals surface area contributed by atoms with Crippen LogP contribution in [-0.2, 0) is 11.3 Å². The maximum atomic E-state index is 11.3. The lowest BCUT2D eigenvalue weighted by atomic mass is 10.2. The Morgan fingerprint density at radius 1 is 1.13 bits per heavy atom. The zero-order chi connectivity index (χ0) is 16.2. The van der Waals surface area contributed by atoms with Crippen LogP contribution in [0.1, 0.15) is 16.2 Å². The lowest BCUT2D eigenvalue weighted by Gasteiger charge is -2.04. The van der Waals surface area contributed by atoms with Gasteiger partial charge in [0.1, 0.15) is 5.75 Å². The number of methoxy groups -OCH3 is 1. The summed E-state index contributed by atoms with van der Waals surface area (Å²) < 4.78 is 21.5. The molecule has 0 aliphatic rings. The predicted molar refractivity (Wildman–Crippen MR) is 81.8 cm³/mol. The van der Waals surface area contributed by atoms with Crippen molar-refractivity contribution in [3.63, 3.8) is 0 Å². The van der Waals surface area contributed by atoms with E-state index in [1.165, 1.54) is 7.11 Å². The van der Waals surface area contributed by atoms with Gasteiger partial charge in [0.15, 0.2) is 17.0 Å². The van der Waals surface area contributed by atoms with Gasteiger partial charge in [-0.1, -0.05) is 0 Å². The summed E-state index contributed by atoms with van der Waals surface area (Å²) in [5.74, 6) is 1.22. The van der Waals surface area contributed by atoms with Crippen molar-refractivity contribution in [2.24, 2.45) is 0 Å². The maximum Gasteiger partial charge on any atom is 0.337 e. The Balaban J connectivity index is 1.62. The zero-order valence-electron chi connectivity index (χ0n) is 12.0. The van der Waals surface area contributed by atoms with Crippen LogP contribution in [0.25, 0.3) is 11.7 Å². The number of esters is 1. The van der Waals surface area contributed by atoms with Crippen molar-refractivity contribution in [1.29, 1.82) is 0 Å². The number of rotatable bonds is 5. The standard InChI is InChI=1S/C15H11BrN2O5/c1-20-15(19)9-2-4-10(5-3-9)21-8-13-17-18-14(23-13)11-6-7-12(16)22-11/h2-7H,8H2,1H3. The van der Waals surface area contributed by atoms with Gasteiger partial charge in [-0.15, -0.1) is 10.2 Å². The van der Waals surface area contributed by atoms with Crippen LogP contribution >= 0.6 is 15.9 Å². The fraction of sp³-hybridized carbons (Fsp3) is 0.133. The highest BCUT2D eigenvalue weighted by Crippen LogP contribution is 2.24. The highest BCUT2D eigenvalue weighted by molar-refractivity contribution is 9.10. The molecule has 0 saturated carbocycles. The second kappa shape index (κ2) is 6.66. The molecule has 3 aromatic rings. The third-order valence-corrected chi connectivity index (χ3v) is 3.31. The summed E-state index contributed by atoms with van der Waals surface area (Å²) >= 11 is 3.20. The van der Waals surface area contributed by atoms with E-state index in [1.54, 1.807) is 36.4 Å². The molecule has 2 aromatic heterocycles. The van der Waals surface area contributed by atoms with Crippen molar-refractivity contribution in [2.45, 2.75) is 6.61 Å². The van der Waals surface area contributed by atoms with Crippen molar-refractivity contribution in [1.82, 2.24) is 10.2 Å². The van der Waals surface area contributed by atoms with Gasteiger partial charge in [-0.3, -0.25) is 0 Å². The average molecular weight is 379 g/mol. The first-order valence-corrected chi connectivity index (χ1v) is 7.34. The Kier molecular flexibility index (Phi) is 4.42. The molecule has 2 heterocycles. The van der Waals surface area contributed by atoms with Gasteiger partial charge in [0, 0.05) is 0 Å². The molecule has 0 bridgehead atoms. The normalized spacial score (nSPS) is 10.5. The van der Waals surface area contributed by atoms with E-state index < -0.39 is 5.97 Å². The van der Waals surface area contributed by atoms with Crippen molar-refractivity contribution in [3.05, 3.63) is 52.5 Å². The number of hydrogen-bond acceptors (Lipinski definition) is 7. The number of carbonyl (C=O) groups excluding carboxylic acids is 1. The minimum atomic E-state index is -0.400. The number of halogens is 1. The van der Waals surface area contributed by atoms with Gasteiger partial charge < -0.3 is 18.3 Å². The fourth-order valence-corrected chi connectivity index (χ4v) is 2.10. The van der Waals surface area contributed by atoms with Crippen molar-refractivity contribution in [2.75, 3.05) is 7.11 Å². The summed E-state index contributed by atoms with van der Waals surface area (Å²) in [7, 11) is 1.33. The topological polar surface area (TPSA) is 87.6 Å². The largest absolute Gasteiger partial charge is 0.484 e. The number of benzene rings is 1. The van der Waals surface area contributed by atoms with Gasteiger partial charge in [0.25, 0.3) is 11.8 Å². The van der Waals surface area contributed by atoms with Crippen LogP contribution in [-0.4, -0.2) is 23.3 Å². The van der Waals surface area contributed by atoms with Crippen LogP contribution in [0, 0.1) is 0 Å². The Morgan fingerprint density at radius 2 is 1.91 bits per heavy atom. The number of furan rings is 1. The van der Waals surface area contributed by atoms with Gasteiger partial charge in [0.2, 0.25) is 0 Å². The molecule has 7 nitrogen and oxygen atoms in total. The Hall–Kier alpha value is -2.61. The number of aromatic nitrogens is 2. The second-order valence-corrected chi connectivity index (χ2v) is 5.19. The SMILES string of the molecule is COC(=O)c1ccc(OCc2nnc(-c3ccc(Br)o3)o2)cc1. The molecule has 0 saturated heterocycles. The van der Waals surface area contributed by atoms with Crippen LogP contribution in [0.2, 0.25) is 0 Å². The van der Waals surface area contributed by atoms with Crippen molar-refractivity contribution >= 4 is 21.9 Å². The molecule has 0 aliphatic heterocycles. The van der Waals surface area contributed by atoms with E-state index in [0.29, 0.717) is 27.6 Å². The first kappa shape index (κ1) is 15.3. The van der Waals surface area contributed by atoms with E-state index in [4.69, 9.17) is 13.6 Å². The monoisotopic (exact) mass is 378 g/mol. The molecule has 0 atom stereocenters. The van der Waals surface area contributed by atoms with Gasteiger partial charge in [0.05, 0.1) is 12.7 Å². The molecule has 0 radical (unpaired) electrons. The fourth-order valence-electron chi connectivity index (χ4n) is 1.79. The lowest BCUT2D eigenvalue weighted by molar-refractivity contribution is 0.0600. The minimum absolute atomic E-state index is 0.104. The molecule has 8 heteroatoms. The molecule has 0 fully saturated rings. The third-order valence-electron chi connectivity index (χ3n) is 2.89. The molecule has 118 valence electrons. The van der Waals surface area contributed by atoms with Crippen LogP contribution in [0.4, 0.5) is 0 Å². The Bertz CT molecular complexity index is 809. The second-order valence-electron chi connectivity index (χ2n) is 4.41. The molecule has 0 N–H and O–H groups in total. The summed E-state index contributed by atoms with van der Waals surface area (Å²) in [5, 5.41) is 7.77. The summed E-state index contributed by atoms with van der Waals surface area (Å²) in [6.45, 7) is 0.104. The third kappa shape index (κ3) is 3.59. The molecule has 0 aliphatic carbocycles. The van der Waals surface area contributed by atoms with Gasteiger partial charge in [-0.25, -0.2) is 4.79 Å². The van der Waals surface area contributed by atoms with Crippen molar-refractivity contribution in [3.8, 4) is 17.4 Å². The van der Waals surface area contributed by atoms with E-state index in [1.807, 2.05) is 0 Å². The number of ether oxygens (including phenoxy) is 2. The Morgan fingerprint density at radius 3 is 2.57 bits per heavy atom. The molecular formula is C15H11BrN2O5. The zero-order valence-corrected chi connectivity index (χ0v) is 13.6. The smallest absolute Gasteiger partial charge is 0.337 e. The number of carbonyl (C=O) groups is 1. The van der Waals surface area contributed by atoms with Gasteiger partial charge in [-0.2, -0.15) is 0 Å². The van der Waals surface area contributed by atoms with E-state index in [2.05, 4.69) is 30.9 Å². The summed E-state index contributed by atoms with van der Waals surface area (Å²) in [6, 6.07) is 9.99. The van der Waals surface area contributed by atoms with Crippen LogP contribution in [0.5, 0.6) is 5.75 Å². The molecular weight excluding hydrogens is 368 g/mol. The molecule has 0 amide bonds. The molecule has 0 unspecified atom stereocenters. The quantitative estimate of drug-likeness (QED) is 0.628.